The molecule has 0 aliphatic heterocycles. The largest absolute Gasteiger partial charge is 0.369 e. The molecule has 0 unspecified atom stereocenters. The van der Waals surface area contributed by atoms with Crippen LogP contribution in [-0.4, -0.2) is 26.8 Å². The summed E-state index contributed by atoms with van der Waals surface area (Å²) >= 11 is 0. The van der Waals surface area contributed by atoms with E-state index in [1.54, 1.807) is 0 Å². The molecule has 9 nitrogen and oxygen atoms in total. The van der Waals surface area contributed by atoms with E-state index in [-0.39, 0.29) is 24.0 Å². The molecule has 3 aromatic rings. The van der Waals surface area contributed by atoms with E-state index in [0.717, 1.165) is 16.6 Å². The monoisotopic (exact) mass is 364 g/mol. The van der Waals surface area contributed by atoms with Crippen molar-refractivity contribution in [2.75, 3.05) is 0 Å². The van der Waals surface area contributed by atoms with Crippen LogP contribution in [0.3, 0.4) is 0 Å². The van der Waals surface area contributed by atoms with Crippen molar-refractivity contribution in [3.63, 3.8) is 0 Å². The van der Waals surface area contributed by atoms with Crippen LogP contribution in [0.25, 0.3) is 10.9 Å². The van der Waals surface area contributed by atoms with Gasteiger partial charge in [-0.15, -0.1) is 0 Å². The van der Waals surface area contributed by atoms with Gasteiger partial charge in [0, 0.05) is 17.5 Å². The van der Waals surface area contributed by atoms with E-state index in [9.17, 15) is 14.9 Å². The van der Waals surface area contributed by atoms with E-state index in [2.05, 4.69) is 20.3 Å². The third kappa shape index (κ3) is 4.40. The fraction of sp³-hybridized carbons (Fsp3) is 0.111. The van der Waals surface area contributed by atoms with Crippen LogP contribution in [-0.2, 0) is 11.2 Å². The molecule has 3 N–H and O–H groups in total. The van der Waals surface area contributed by atoms with Gasteiger partial charge in [0.15, 0.2) is 0 Å². The second kappa shape index (κ2) is 7.56. The summed E-state index contributed by atoms with van der Waals surface area (Å²) in [7, 11) is 0. The number of nitrogens with two attached hydrogens (primary N) is 1. The van der Waals surface area contributed by atoms with Crippen molar-refractivity contribution in [3.8, 4) is 0 Å². The number of nitro benzene ring substituents is 1. The number of benzene rings is 2. The number of aliphatic imine (C=N–C) groups is 1. The number of aryl methyl sites for hydroxylation is 1. The number of nitrogens with zero attached hydrogens (tertiary/aromatic N) is 4. The van der Waals surface area contributed by atoms with Gasteiger partial charge in [0.2, 0.25) is 11.9 Å². The predicted octanol–water partition coefficient (Wildman–Crippen LogP) is 2.15. The zero-order chi connectivity index (χ0) is 19.4. The van der Waals surface area contributed by atoms with Gasteiger partial charge in [-0.3, -0.25) is 20.2 Å². The molecule has 9 heteroatoms. The third-order valence-corrected chi connectivity index (χ3v) is 3.78. The van der Waals surface area contributed by atoms with Gasteiger partial charge in [0.25, 0.3) is 11.6 Å². The number of rotatable bonds is 4. The van der Waals surface area contributed by atoms with Crippen LogP contribution in [0.5, 0.6) is 0 Å². The standard InChI is InChI=1S/C18H16N6O3/c1-11-14-4-2-3-5-15(14)21-18(20-11)23-17(19)22-16(25)10-12-6-8-13(9-7-12)24(26)27/h2-9H,10H2,1H3,(H3,19,20,21,22,23,25). The number of carbonyl (C=O) groups is 1. The molecule has 0 aliphatic rings. The van der Waals surface area contributed by atoms with E-state index >= 15 is 0 Å². The highest BCUT2D eigenvalue weighted by Gasteiger charge is 2.09. The Bertz CT molecular complexity index is 1050. The van der Waals surface area contributed by atoms with Gasteiger partial charge >= 0.3 is 0 Å². The summed E-state index contributed by atoms with van der Waals surface area (Å²) in [5, 5.41) is 14.0. The highest BCUT2D eigenvalue weighted by atomic mass is 16.6. The Kier molecular flexibility index (Phi) is 5.02. The minimum absolute atomic E-state index is 0.00577. The maximum atomic E-state index is 12.1. The molecular formula is C18H16N6O3. The third-order valence-electron chi connectivity index (χ3n) is 3.78. The molecule has 0 saturated heterocycles. The highest BCUT2D eigenvalue weighted by molar-refractivity contribution is 5.97. The zero-order valence-corrected chi connectivity index (χ0v) is 14.4. The smallest absolute Gasteiger partial charge is 0.269 e. The van der Waals surface area contributed by atoms with Crippen LogP contribution in [0, 0.1) is 17.0 Å². The van der Waals surface area contributed by atoms with Crippen molar-refractivity contribution in [3.05, 3.63) is 69.9 Å². The molecule has 0 aliphatic carbocycles. The van der Waals surface area contributed by atoms with Crippen molar-refractivity contribution >= 4 is 34.4 Å². The Balaban J connectivity index is 1.69. The van der Waals surface area contributed by atoms with Crippen molar-refractivity contribution in [1.82, 2.24) is 15.3 Å². The quantitative estimate of drug-likeness (QED) is 0.315. The first-order valence-corrected chi connectivity index (χ1v) is 8.03. The molecule has 2 aromatic carbocycles. The first-order valence-electron chi connectivity index (χ1n) is 8.03. The summed E-state index contributed by atoms with van der Waals surface area (Å²) in [5.41, 5.74) is 7.83. The van der Waals surface area contributed by atoms with Gasteiger partial charge < -0.3 is 5.73 Å². The Hall–Kier alpha value is -3.88. The number of nitro groups is 1. The van der Waals surface area contributed by atoms with E-state index in [4.69, 9.17) is 5.73 Å². The molecule has 136 valence electrons. The number of hydrogen-bond acceptors (Lipinski definition) is 6. The lowest BCUT2D eigenvalue weighted by Gasteiger charge is -2.05. The van der Waals surface area contributed by atoms with Crippen LogP contribution in [0.1, 0.15) is 11.3 Å². The fourth-order valence-electron chi connectivity index (χ4n) is 2.51. The molecule has 0 atom stereocenters. The van der Waals surface area contributed by atoms with Gasteiger partial charge in [-0.05, 0) is 18.6 Å². The maximum absolute atomic E-state index is 12.1. The molecular weight excluding hydrogens is 348 g/mol. The van der Waals surface area contributed by atoms with Crippen molar-refractivity contribution < 1.29 is 9.72 Å². The summed E-state index contributed by atoms with van der Waals surface area (Å²) in [4.78, 5) is 34.8. The van der Waals surface area contributed by atoms with Crippen LogP contribution < -0.4 is 11.1 Å². The van der Waals surface area contributed by atoms with Crippen LogP contribution in [0.4, 0.5) is 11.6 Å². The second-order valence-corrected chi connectivity index (χ2v) is 5.77. The molecule has 0 radical (unpaired) electrons. The Morgan fingerprint density at radius 1 is 1.19 bits per heavy atom. The number of fused-ring (bicyclic) bond motifs is 1. The lowest BCUT2D eigenvalue weighted by Crippen LogP contribution is -2.37. The number of para-hydroxylation sites is 1. The Labute approximate surface area is 154 Å². The minimum Gasteiger partial charge on any atom is -0.369 e. The number of aromatic nitrogens is 2. The van der Waals surface area contributed by atoms with E-state index in [1.165, 1.54) is 24.3 Å². The van der Waals surface area contributed by atoms with Crippen molar-refractivity contribution in [2.24, 2.45) is 10.7 Å². The number of hydrogen-bond donors (Lipinski definition) is 2. The molecule has 0 spiro atoms. The molecule has 1 aromatic heterocycles. The number of carbonyl (C=O) groups excluding carboxylic acids is 1. The number of nitrogens with one attached hydrogen (secondary N) is 1. The number of guanidine groups is 1. The predicted molar refractivity (Wildman–Crippen MR) is 101 cm³/mol. The van der Waals surface area contributed by atoms with Gasteiger partial charge in [0.1, 0.15) is 0 Å². The van der Waals surface area contributed by atoms with Crippen molar-refractivity contribution in [1.29, 1.82) is 0 Å². The fourth-order valence-corrected chi connectivity index (χ4v) is 2.51. The molecule has 1 amide bonds. The normalized spacial score (nSPS) is 11.4. The summed E-state index contributed by atoms with van der Waals surface area (Å²) in [5.74, 6) is -0.376. The first kappa shape index (κ1) is 17.9. The van der Waals surface area contributed by atoms with Gasteiger partial charge in [0.05, 0.1) is 22.6 Å². The average molecular weight is 364 g/mol. The number of amides is 1. The maximum Gasteiger partial charge on any atom is 0.269 e. The van der Waals surface area contributed by atoms with E-state index < -0.39 is 10.8 Å². The second-order valence-electron chi connectivity index (χ2n) is 5.77. The van der Waals surface area contributed by atoms with Crippen molar-refractivity contribution in [2.45, 2.75) is 13.3 Å². The topological polar surface area (TPSA) is 136 Å². The van der Waals surface area contributed by atoms with E-state index in [0.29, 0.717) is 5.56 Å². The molecule has 27 heavy (non-hydrogen) atoms. The minimum atomic E-state index is -0.500. The van der Waals surface area contributed by atoms with Crippen LogP contribution >= 0.6 is 0 Å². The summed E-state index contributed by atoms with van der Waals surface area (Å²) in [6.07, 6.45) is 0.00577. The van der Waals surface area contributed by atoms with Gasteiger partial charge in [-0.1, -0.05) is 30.3 Å². The van der Waals surface area contributed by atoms with Crippen LogP contribution in [0.15, 0.2) is 53.5 Å². The summed E-state index contributed by atoms with van der Waals surface area (Å²) in [6, 6.07) is 13.2. The lowest BCUT2D eigenvalue weighted by molar-refractivity contribution is -0.384. The lowest BCUT2D eigenvalue weighted by atomic mass is 10.1. The molecule has 3 rings (SSSR count). The van der Waals surface area contributed by atoms with Gasteiger partial charge in [-0.2, -0.15) is 4.99 Å². The number of non-ortho nitro benzene ring substituents is 1. The molecule has 0 fully saturated rings. The molecule has 0 saturated carbocycles. The van der Waals surface area contributed by atoms with Gasteiger partial charge in [-0.25, -0.2) is 9.97 Å². The summed E-state index contributed by atoms with van der Waals surface area (Å²) < 4.78 is 0. The highest BCUT2D eigenvalue weighted by Crippen LogP contribution is 2.17. The summed E-state index contributed by atoms with van der Waals surface area (Å²) in [6.45, 7) is 1.84. The molecule has 1 heterocycles. The SMILES string of the molecule is Cc1nc(/N=C(\N)NC(=O)Cc2ccc([N+](=O)[O-])cc2)nc2ccccc12. The average Bonchev–Trinajstić information content (AvgIpc) is 2.62. The van der Waals surface area contributed by atoms with Crippen LogP contribution in [0.2, 0.25) is 0 Å². The molecule has 0 bridgehead atoms. The Morgan fingerprint density at radius 2 is 1.89 bits per heavy atom. The van der Waals surface area contributed by atoms with E-state index in [1.807, 2.05) is 31.2 Å². The zero-order valence-electron chi connectivity index (χ0n) is 14.4. The Morgan fingerprint density at radius 3 is 2.59 bits per heavy atom. The first-order chi connectivity index (χ1) is 12.9.